The van der Waals surface area contributed by atoms with E-state index in [1.807, 2.05) is 18.0 Å². The summed E-state index contributed by atoms with van der Waals surface area (Å²) in [5.41, 5.74) is 0. The van der Waals surface area contributed by atoms with Gasteiger partial charge in [-0.2, -0.15) is 0 Å². The van der Waals surface area contributed by atoms with Crippen LogP contribution in [0.4, 0.5) is 5.82 Å². The number of halogens is 2. The summed E-state index contributed by atoms with van der Waals surface area (Å²) in [4.78, 5) is 6.28. The lowest BCUT2D eigenvalue weighted by Gasteiger charge is -2.18. The largest absolute Gasteiger partial charge is 0.385 e. The molecule has 0 bridgehead atoms. The van der Waals surface area contributed by atoms with Gasteiger partial charge in [-0.05, 0) is 28.4 Å². The molecule has 1 rings (SSSR count). The maximum absolute atomic E-state index is 6.07. The van der Waals surface area contributed by atoms with E-state index in [0.29, 0.717) is 5.02 Å². The second kappa shape index (κ2) is 6.30. The topological polar surface area (TPSA) is 25.4 Å². The first-order valence-electron chi connectivity index (χ1n) is 4.66. The first kappa shape index (κ1) is 12.7. The third-order valence-corrected chi connectivity index (χ3v) is 2.70. The number of hydrogen-bond donors (Lipinski definition) is 0. The quantitative estimate of drug-likeness (QED) is 0.781. The highest BCUT2D eigenvalue weighted by Crippen LogP contribution is 2.25. The Balaban J connectivity index is 2.61. The normalized spacial score (nSPS) is 10.4. The Labute approximate surface area is 104 Å². The number of rotatable bonds is 5. The van der Waals surface area contributed by atoms with Gasteiger partial charge in [0.2, 0.25) is 0 Å². The van der Waals surface area contributed by atoms with Crippen molar-refractivity contribution in [2.45, 2.75) is 6.42 Å². The van der Waals surface area contributed by atoms with Gasteiger partial charge >= 0.3 is 0 Å². The predicted molar refractivity (Wildman–Crippen MR) is 66.7 cm³/mol. The average Bonchev–Trinajstić information content (AvgIpc) is 2.17. The Hall–Kier alpha value is -0.320. The third-order valence-electron chi connectivity index (χ3n) is 1.99. The van der Waals surface area contributed by atoms with Crippen LogP contribution in [0.1, 0.15) is 6.42 Å². The summed E-state index contributed by atoms with van der Waals surface area (Å²) in [6, 6.07) is 1.84. The van der Waals surface area contributed by atoms with E-state index in [9.17, 15) is 0 Å². The van der Waals surface area contributed by atoms with Crippen molar-refractivity contribution in [1.29, 1.82) is 0 Å². The summed E-state index contributed by atoms with van der Waals surface area (Å²) in [5, 5.41) is 0.657. The summed E-state index contributed by atoms with van der Waals surface area (Å²) in [6.45, 7) is 1.63. The van der Waals surface area contributed by atoms with Gasteiger partial charge in [0.05, 0.1) is 5.02 Å². The van der Waals surface area contributed by atoms with Crippen LogP contribution in [0.2, 0.25) is 5.02 Å². The van der Waals surface area contributed by atoms with Crippen molar-refractivity contribution >= 4 is 33.3 Å². The van der Waals surface area contributed by atoms with Gasteiger partial charge in [-0.3, -0.25) is 0 Å². The lowest BCUT2D eigenvalue weighted by molar-refractivity contribution is 0.196. The van der Waals surface area contributed by atoms with Crippen molar-refractivity contribution in [1.82, 2.24) is 4.98 Å². The Bertz CT molecular complexity index is 322. The molecule has 0 unspecified atom stereocenters. The van der Waals surface area contributed by atoms with Crippen LogP contribution in [-0.2, 0) is 4.74 Å². The predicted octanol–water partition coefficient (Wildman–Crippen LogP) is 2.97. The minimum absolute atomic E-state index is 0.657. The fraction of sp³-hybridized carbons (Fsp3) is 0.500. The number of pyridine rings is 1. The Morgan fingerprint density at radius 3 is 2.93 bits per heavy atom. The highest BCUT2D eigenvalue weighted by atomic mass is 79.9. The number of aromatic nitrogens is 1. The van der Waals surface area contributed by atoms with Gasteiger partial charge in [0.15, 0.2) is 0 Å². The molecule has 0 radical (unpaired) electrons. The van der Waals surface area contributed by atoms with Gasteiger partial charge in [-0.25, -0.2) is 4.98 Å². The van der Waals surface area contributed by atoms with E-state index in [1.165, 1.54) is 0 Å². The molecule has 1 heterocycles. The molecule has 3 nitrogen and oxygen atoms in total. The molecule has 0 spiro atoms. The summed E-state index contributed by atoms with van der Waals surface area (Å²) >= 11 is 9.40. The maximum Gasteiger partial charge on any atom is 0.147 e. The average molecular weight is 294 g/mol. The van der Waals surface area contributed by atoms with E-state index in [1.54, 1.807) is 13.3 Å². The SMILES string of the molecule is COCCCN(C)c1ncc(Br)cc1Cl. The molecule has 0 aliphatic heterocycles. The van der Waals surface area contributed by atoms with Crippen LogP contribution in [-0.4, -0.2) is 32.3 Å². The molecule has 0 saturated heterocycles. The molecule has 5 heteroatoms. The zero-order valence-electron chi connectivity index (χ0n) is 8.83. The van der Waals surface area contributed by atoms with Gasteiger partial charge < -0.3 is 9.64 Å². The van der Waals surface area contributed by atoms with E-state index in [0.717, 1.165) is 29.9 Å². The highest BCUT2D eigenvalue weighted by Gasteiger charge is 2.07. The van der Waals surface area contributed by atoms with E-state index in [2.05, 4.69) is 20.9 Å². The summed E-state index contributed by atoms with van der Waals surface area (Å²) in [6.07, 6.45) is 2.70. The molecule has 1 aromatic rings. The van der Waals surface area contributed by atoms with Crippen LogP contribution >= 0.6 is 27.5 Å². The van der Waals surface area contributed by atoms with Gasteiger partial charge in [-0.1, -0.05) is 11.6 Å². The van der Waals surface area contributed by atoms with Crippen LogP contribution in [0.25, 0.3) is 0 Å². The van der Waals surface area contributed by atoms with Crippen molar-refractivity contribution in [3.63, 3.8) is 0 Å². The molecule has 1 aromatic heterocycles. The fourth-order valence-corrected chi connectivity index (χ4v) is 2.01. The van der Waals surface area contributed by atoms with Gasteiger partial charge in [-0.15, -0.1) is 0 Å². The van der Waals surface area contributed by atoms with Crippen LogP contribution in [0, 0.1) is 0 Å². The Morgan fingerprint density at radius 2 is 2.33 bits per heavy atom. The summed E-state index contributed by atoms with van der Waals surface area (Å²) in [7, 11) is 3.67. The lowest BCUT2D eigenvalue weighted by Crippen LogP contribution is -2.21. The molecule has 0 amide bonds. The number of hydrogen-bond acceptors (Lipinski definition) is 3. The molecule has 15 heavy (non-hydrogen) atoms. The Kier molecular flexibility index (Phi) is 5.36. The maximum atomic E-state index is 6.07. The molecular weight excluding hydrogens is 279 g/mol. The number of nitrogens with zero attached hydrogens (tertiary/aromatic N) is 2. The number of methoxy groups -OCH3 is 1. The van der Waals surface area contributed by atoms with Gasteiger partial charge in [0, 0.05) is 38.0 Å². The molecule has 0 atom stereocenters. The smallest absolute Gasteiger partial charge is 0.147 e. The summed E-state index contributed by atoms with van der Waals surface area (Å²) in [5.74, 6) is 0.802. The monoisotopic (exact) mass is 292 g/mol. The minimum atomic E-state index is 0.657. The zero-order valence-corrected chi connectivity index (χ0v) is 11.2. The molecule has 0 aliphatic carbocycles. The van der Waals surface area contributed by atoms with Crippen LogP contribution < -0.4 is 4.90 Å². The zero-order chi connectivity index (χ0) is 11.3. The van der Waals surface area contributed by atoms with E-state index >= 15 is 0 Å². The summed E-state index contributed by atoms with van der Waals surface area (Å²) < 4.78 is 5.88. The molecular formula is C10H14BrClN2O. The molecule has 0 fully saturated rings. The second-order valence-electron chi connectivity index (χ2n) is 3.23. The number of anilines is 1. The minimum Gasteiger partial charge on any atom is -0.385 e. The fourth-order valence-electron chi connectivity index (χ4n) is 1.24. The molecule has 0 N–H and O–H groups in total. The van der Waals surface area contributed by atoms with Crippen molar-refractivity contribution in [3.05, 3.63) is 21.8 Å². The van der Waals surface area contributed by atoms with Crippen molar-refractivity contribution in [2.75, 3.05) is 32.2 Å². The van der Waals surface area contributed by atoms with Crippen LogP contribution in [0.3, 0.4) is 0 Å². The molecule has 84 valence electrons. The van der Waals surface area contributed by atoms with Gasteiger partial charge in [0.1, 0.15) is 5.82 Å². The standard InChI is InChI=1S/C10H14BrClN2O/c1-14(4-3-5-15-2)10-9(12)6-8(11)7-13-10/h6-7H,3-5H2,1-2H3. The molecule has 0 saturated carbocycles. The first-order valence-corrected chi connectivity index (χ1v) is 5.83. The highest BCUT2D eigenvalue weighted by molar-refractivity contribution is 9.10. The van der Waals surface area contributed by atoms with E-state index in [-0.39, 0.29) is 0 Å². The van der Waals surface area contributed by atoms with Crippen LogP contribution in [0.15, 0.2) is 16.7 Å². The van der Waals surface area contributed by atoms with E-state index < -0.39 is 0 Å². The molecule has 0 aromatic carbocycles. The second-order valence-corrected chi connectivity index (χ2v) is 4.55. The van der Waals surface area contributed by atoms with Crippen molar-refractivity contribution < 1.29 is 4.74 Å². The molecule has 0 aliphatic rings. The number of ether oxygens (including phenoxy) is 1. The van der Waals surface area contributed by atoms with Gasteiger partial charge in [0.25, 0.3) is 0 Å². The van der Waals surface area contributed by atoms with Crippen molar-refractivity contribution in [3.8, 4) is 0 Å². The van der Waals surface area contributed by atoms with E-state index in [4.69, 9.17) is 16.3 Å². The van der Waals surface area contributed by atoms with Crippen LogP contribution in [0.5, 0.6) is 0 Å². The Morgan fingerprint density at radius 1 is 1.60 bits per heavy atom. The first-order chi connectivity index (χ1) is 7.15. The lowest BCUT2D eigenvalue weighted by atomic mass is 10.4. The third kappa shape index (κ3) is 3.97. The van der Waals surface area contributed by atoms with Crippen molar-refractivity contribution in [2.24, 2.45) is 0 Å².